The summed E-state index contributed by atoms with van der Waals surface area (Å²) in [6, 6.07) is 10.3. The molecule has 2 aromatic rings. The number of amides is 2. The van der Waals surface area contributed by atoms with Crippen LogP contribution in [-0.4, -0.2) is 18.9 Å². The Hall–Kier alpha value is -2.04. The van der Waals surface area contributed by atoms with Crippen molar-refractivity contribution in [3.8, 4) is 0 Å². The van der Waals surface area contributed by atoms with Crippen LogP contribution in [0.25, 0.3) is 0 Å². The molecule has 6 heteroatoms. The Balaban J connectivity index is 2.21. The predicted octanol–water partition coefficient (Wildman–Crippen LogP) is 3.84. The molecule has 0 aromatic heterocycles. The van der Waals surface area contributed by atoms with Crippen LogP contribution >= 0.6 is 23.2 Å². The van der Waals surface area contributed by atoms with E-state index in [1.807, 2.05) is 13.0 Å². The van der Waals surface area contributed by atoms with E-state index >= 15 is 0 Å². The smallest absolute Gasteiger partial charge is 0.253 e. The fourth-order valence-electron chi connectivity index (χ4n) is 2.23. The molecule has 23 heavy (non-hydrogen) atoms. The fourth-order valence-corrected chi connectivity index (χ4v) is 2.71. The van der Waals surface area contributed by atoms with E-state index in [1.54, 1.807) is 37.4 Å². The Labute approximate surface area is 144 Å². The zero-order valence-corrected chi connectivity index (χ0v) is 14.3. The summed E-state index contributed by atoms with van der Waals surface area (Å²) in [7, 11) is 1.55. The molecule has 2 aromatic carbocycles. The average molecular weight is 351 g/mol. The van der Waals surface area contributed by atoms with Gasteiger partial charge in [0, 0.05) is 17.1 Å². The normalized spacial score (nSPS) is 10.3. The van der Waals surface area contributed by atoms with Crippen LogP contribution in [0.4, 0.5) is 5.69 Å². The third kappa shape index (κ3) is 4.24. The lowest BCUT2D eigenvalue weighted by atomic mass is 10.1. The van der Waals surface area contributed by atoms with E-state index in [1.165, 1.54) is 0 Å². The first-order valence-electron chi connectivity index (χ1n) is 6.98. The Morgan fingerprint density at radius 1 is 1.13 bits per heavy atom. The summed E-state index contributed by atoms with van der Waals surface area (Å²) in [5, 5.41) is 6.29. The third-order valence-electron chi connectivity index (χ3n) is 3.37. The molecule has 120 valence electrons. The second-order valence-corrected chi connectivity index (χ2v) is 5.88. The number of carbonyl (C=O) groups excluding carboxylic acids is 2. The molecule has 2 N–H and O–H groups in total. The number of nitrogens with one attached hydrogen (secondary N) is 2. The molecule has 0 aliphatic rings. The average Bonchev–Trinajstić information content (AvgIpc) is 2.49. The van der Waals surface area contributed by atoms with E-state index < -0.39 is 0 Å². The van der Waals surface area contributed by atoms with Gasteiger partial charge in [0.25, 0.3) is 5.91 Å². The Kier molecular flexibility index (Phi) is 5.64. The van der Waals surface area contributed by atoms with Crippen LogP contribution in [0.1, 0.15) is 21.5 Å². The maximum Gasteiger partial charge on any atom is 0.253 e. The molecular formula is C17H16Cl2N2O2. The van der Waals surface area contributed by atoms with E-state index in [9.17, 15) is 9.59 Å². The van der Waals surface area contributed by atoms with Gasteiger partial charge in [-0.15, -0.1) is 0 Å². The van der Waals surface area contributed by atoms with Crippen molar-refractivity contribution in [3.63, 3.8) is 0 Å². The first-order valence-corrected chi connectivity index (χ1v) is 7.73. The van der Waals surface area contributed by atoms with Crippen molar-refractivity contribution >= 4 is 40.7 Å². The standard InChI is InChI=1S/C17H16Cl2N2O2/c1-10-4-3-5-14(16(10)17(23)20-2)21-15(22)8-11-6-7-12(18)9-13(11)19/h3-7,9H,8H2,1-2H3,(H,20,23)(H,21,22). The molecule has 0 atom stereocenters. The minimum absolute atomic E-state index is 0.0944. The molecule has 0 spiro atoms. The van der Waals surface area contributed by atoms with Crippen LogP contribution in [-0.2, 0) is 11.2 Å². The third-order valence-corrected chi connectivity index (χ3v) is 3.95. The number of benzene rings is 2. The lowest BCUT2D eigenvalue weighted by molar-refractivity contribution is -0.115. The van der Waals surface area contributed by atoms with Crippen molar-refractivity contribution < 1.29 is 9.59 Å². The summed E-state index contributed by atoms with van der Waals surface area (Å²) < 4.78 is 0. The van der Waals surface area contributed by atoms with Gasteiger partial charge in [0.05, 0.1) is 17.7 Å². The van der Waals surface area contributed by atoms with Crippen LogP contribution in [0.2, 0.25) is 10.0 Å². The predicted molar refractivity (Wildman–Crippen MR) is 93.4 cm³/mol. The first-order chi connectivity index (χ1) is 10.9. The van der Waals surface area contributed by atoms with Crippen LogP contribution < -0.4 is 10.6 Å². The number of carbonyl (C=O) groups is 2. The Morgan fingerprint density at radius 2 is 1.87 bits per heavy atom. The minimum Gasteiger partial charge on any atom is -0.355 e. The molecule has 4 nitrogen and oxygen atoms in total. The van der Waals surface area contributed by atoms with E-state index in [-0.39, 0.29) is 18.2 Å². The molecule has 0 aliphatic carbocycles. The minimum atomic E-state index is -0.259. The molecule has 0 bridgehead atoms. The van der Waals surface area contributed by atoms with E-state index in [0.717, 1.165) is 5.56 Å². The molecule has 2 amide bonds. The largest absolute Gasteiger partial charge is 0.355 e. The van der Waals surface area contributed by atoms with Crippen molar-refractivity contribution in [1.29, 1.82) is 0 Å². The van der Waals surface area contributed by atoms with Gasteiger partial charge in [0.1, 0.15) is 0 Å². The van der Waals surface area contributed by atoms with E-state index in [4.69, 9.17) is 23.2 Å². The number of hydrogen-bond acceptors (Lipinski definition) is 2. The van der Waals surface area contributed by atoms with Crippen molar-refractivity contribution in [3.05, 3.63) is 63.1 Å². The van der Waals surface area contributed by atoms with Crippen molar-refractivity contribution in [2.45, 2.75) is 13.3 Å². The van der Waals surface area contributed by atoms with Crippen molar-refractivity contribution in [2.24, 2.45) is 0 Å². The highest BCUT2D eigenvalue weighted by molar-refractivity contribution is 6.35. The van der Waals surface area contributed by atoms with Gasteiger partial charge in [-0.05, 0) is 36.2 Å². The number of halogens is 2. The number of anilines is 1. The first kappa shape index (κ1) is 17.3. The summed E-state index contributed by atoms with van der Waals surface area (Å²) in [4.78, 5) is 24.2. The molecule has 0 saturated heterocycles. The van der Waals surface area contributed by atoms with Gasteiger partial charge in [0.2, 0.25) is 5.91 Å². The van der Waals surface area contributed by atoms with Crippen LogP contribution in [0.15, 0.2) is 36.4 Å². The molecule has 2 rings (SSSR count). The maximum absolute atomic E-state index is 12.3. The zero-order chi connectivity index (χ0) is 17.0. The lowest BCUT2D eigenvalue weighted by Crippen LogP contribution is -2.23. The van der Waals surface area contributed by atoms with E-state index in [0.29, 0.717) is 26.9 Å². The second kappa shape index (κ2) is 7.49. The molecule has 0 unspecified atom stereocenters. The van der Waals surface area contributed by atoms with Crippen molar-refractivity contribution in [2.75, 3.05) is 12.4 Å². The molecule has 0 aliphatic heterocycles. The van der Waals surface area contributed by atoms with E-state index in [2.05, 4.69) is 10.6 Å². The van der Waals surface area contributed by atoms with Crippen molar-refractivity contribution in [1.82, 2.24) is 5.32 Å². The summed E-state index contributed by atoms with van der Waals surface area (Å²) in [6.45, 7) is 1.82. The summed E-state index contributed by atoms with van der Waals surface area (Å²) in [5.74, 6) is -0.507. The van der Waals surface area contributed by atoms with Gasteiger partial charge in [-0.3, -0.25) is 9.59 Å². The zero-order valence-electron chi connectivity index (χ0n) is 12.7. The van der Waals surface area contributed by atoms with Gasteiger partial charge in [-0.1, -0.05) is 41.4 Å². The number of hydrogen-bond donors (Lipinski definition) is 2. The van der Waals surface area contributed by atoms with Crippen LogP contribution in [0.3, 0.4) is 0 Å². The quantitative estimate of drug-likeness (QED) is 0.879. The Morgan fingerprint density at radius 3 is 2.52 bits per heavy atom. The molecular weight excluding hydrogens is 335 g/mol. The topological polar surface area (TPSA) is 58.2 Å². The molecule has 0 heterocycles. The van der Waals surface area contributed by atoms with Gasteiger partial charge in [0.15, 0.2) is 0 Å². The van der Waals surface area contributed by atoms with Gasteiger partial charge in [-0.25, -0.2) is 0 Å². The summed E-state index contributed by atoms with van der Waals surface area (Å²) >= 11 is 11.9. The molecule has 0 fully saturated rings. The van der Waals surface area contributed by atoms with Crippen LogP contribution in [0.5, 0.6) is 0 Å². The summed E-state index contributed by atoms with van der Waals surface area (Å²) in [6.07, 6.45) is 0.0944. The summed E-state index contributed by atoms with van der Waals surface area (Å²) in [5.41, 5.74) is 2.37. The number of aryl methyl sites for hydroxylation is 1. The lowest BCUT2D eigenvalue weighted by Gasteiger charge is -2.13. The highest BCUT2D eigenvalue weighted by atomic mass is 35.5. The van der Waals surface area contributed by atoms with Crippen LogP contribution in [0, 0.1) is 6.92 Å². The highest BCUT2D eigenvalue weighted by Gasteiger charge is 2.15. The fraction of sp³-hybridized carbons (Fsp3) is 0.176. The van der Waals surface area contributed by atoms with Gasteiger partial charge < -0.3 is 10.6 Å². The van der Waals surface area contributed by atoms with Gasteiger partial charge >= 0.3 is 0 Å². The molecule has 0 radical (unpaired) electrons. The highest BCUT2D eigenvalue weighted by Crippen LogP contribution is 2.23. The van der Waals surface area contributed by atoms with Gasteiger partial charge in [-0.2, -0.15) is 0 Å². The number of rotatable bonds is 4. The SMILES string of the molecule is CNC(=O)c1c(C)cccc1NC(=O)Cc1ccc(Cl)cc1Cl. The Bertz CT molecular complexity index is 760. The second-order valence-electron chi connectivity index (χ2n) is 5.04. The molecule has 0 saturated carbocycles. The monoisotopic (exact) mass is 350 g/mol. The maximum atomic E-state index is 12.3.